The number of alkyl carbamates (subject to hydrolysis) is 1. The molecule has 98 valence electrons. The van der Waals surface area contributed by atoms with Crippen LogP contribution in [0.25, 0.3) is 0 Å². The number of hydrogen-bond donors (Lipinski definition) is 2. The zero-order valence-electron chi connectivity index (χ0n) is 10.7. The number of rotatable bonds is 5. The minimum Gasteiger partial charge on any atom is -0.444 e. The lowest BCUT2D eigenvalue weighted by molar-refractivity contribution is -0.134. The molecule has 0 radical (unpaired) electrons. The van der Waals surface area contributed by atoms with Gasteiger partial charge in [0, 0.05) is 0 Å². The topological polar surface area (TPSA) is 76.7 Å². The van der Waals surface area contributed by atoms with Crippen LogP contribution in [0.3, 0.4) is 0 Å². The summed E-state index contributed by atoms with van der Waals surface area (Å²) in [6.07, 6.45) is 0.843. The molecule has 0 bridgehead atoms. The Morgan fingerprint density at radius 3 is 2.47 bits per heavy atom. The normalized spacial score (nSPS) is 12.5. The van der Waals surface area contributed by atoms with Gasteiger partial charge in [-0.2, -0.15) is 0 Å². The van der Waals surface area contributed by atoms with Crippen LogP contribution in [-0.2, 0) is 14.4 Å². The number of amides is 2. The van der Waals surface area contributed by atoms with Gasteiger partial charge in [0.2, 0.25) is 0 Å². The summed E-state index contributed by atoms with van der Waals surface area (Å²) in [6, 6.07) is -0.741. The number of hydroxylamine groups is 1. The van der Waals surface area contributed by atoms with Crippen LogP contribution in [0.2, 0.25) is 0 Å². The van der Waals surface area contributed by atoms with Crippen molar-refractivity contribution in [3.63, 3.8) is 0 Å². The van der Waals surface area contributed by atoms with E-state index in [4.69, 9.17) is 9.57 Å². The van der Waals surface area contributed by atoms with Crippen molar-refractivity contribution in [1.82, 2.24) is 10.8 Å². The van der Waals surface area contributed by atoms with Gasteiger partial charge in [0.05, 0.1) is 6.61 Å². The molecule has 6 heteroatoms. The quantitative estimate of drug-likeness (QED) is 0.432. The van der Waals surface area contributed by atoms with Gasteiger partial charge in [0.25, 0.3) is 5.91 Å². The minimum absolute atomic E-state index is 0.199. The largest absolute Gasteiger partial charge is 0.444 e. The van der Waals surface area contributed by atoms with E-state index in [1.165, 1.54) is 13.0 Å². The van der Waals surface area contributed by atoms with Crippen molar-refractivity contribution >= 4 is 12.0 Å². The summed E-state index contributed by atoms with van der Waals surface area (Å²) < 4.78 is 5.00. The van der Waals surface area contributed by atoms with Crippen molar-refractivity contribution in [1.29, 1.82) is 0 Å². The monoisotopic (exact) mass is 244 g/mol. The molecule has 2 amide bonds. The Kier molecular flexibility index (Phi) is 6.27. The lowest BCUT2D eigenvalue weighted by Gasteiger charge is -2.21. The van der Waals surface area contributed by atoms with Crippen LogP contribution >= 0.6 is 0 Å². The molecule has 0 aliphatic heterocycles. The summed E-state index contributed by atoms with van der Waals surface area (Å²) in [6.45, 7) is 10.4. The summed E-state index contributed by atoms with van der Waals surface area (Å²) in [5.74, 6) is -0.460. The molecule has 0 saturated carbocycles. The Labute approximate surface area is 101 Å². The third-order valence-corrected chi connectivity index (χ3v) is 1.50. The van der Waals surface area contributed by atoms with Crippen LogP contribution in [0.5, 0.6) is 0 Å². The zero-order valence-corrected chi connectivity index (χ0v) is 10.7. The second-order valence-corrected chi connectivity index (χ2v) is 4.43. The van der Waals surface area contributed by atoms with Crippen molar-refractivity contribution in [2.45, 2.75) is 39.3 Å². The van der Waals surface area contributed by atoms with Gasteiger partial charge in [-0.3, -0.25) is 9.63 Å². The van der Waals surface area contributed by atoms with Gasteiger partial charge in [-0.25, -0.2) is 10.3 Å². The third-order valence-electron chi connectivity index (χ3n) is 1.50. The van der Waals surface area contributed by atoms with E-state index in [0.29, 0.717) is 0 Å². The summed E-state index contributed by atoms with van der Waals surface area (Å²) >= 11 is 0. The molecular formula is C11H20N2O4. The molecule has 2 N–H and O–H groups in total. The molecule has 0 aromatic rings. The average Bonchev–Trinajstić information content (AvgIpc) is 2.14. The van der Waals surface area contributed by atoms with Gasteiger partial charge in [0.15, 0.2) is 0 Å². The molecule has 1 unspecified atom stereocenters. The van der Waals surface area contributed by atoms with Crippen molar-refractivity contribution in [3.05, 3.63) is 12.7 Å². The third kappa shape index (κ3) is 8.27. The summed E-state index contributed by atoms with van der Waals surface area (Å²) in [5, 5.41) is 2.38. The Bertz CT molecular complexity index is 284. The van der Waals surface area contributed by atoms with Gasteiger partial charge in [-0.15, -0.1) is 6.58 Å². The molecule has 6 nitrogen and oxygen atoms in total. The lowest BCUT2D eigenvalue weighted by atomic mass is 10.2. The number of ether oxygens (including phenoxy) is 1. The van der Waals surface area contributed by atoms with E-state index in [9.17, 15) is 9.59 Å². The van der Waals surface area contributed by atoms with E-state index in [1.54, 1.807) is 20.8 Å². The Morgan fingerprint density at radius 1 is 1.41 bits per heavy atom. The van der Waals surface area contributed by atoms with Crippen LogP contribution in [0.15, 0.2) is 12.7 Å². The average molecular weight is 244 g/mol. The SMILES string of the molecule is C=CCONC(=O)C(C)NC(=O)OC(C)(C)C. The fourth-order valence-electron chi connectivity index (χ4n) is 0.810. The molecular weight excluding hydrogens is 224 g/mol. The molecule has 0 saturated heterocycles. The number of hydrogen-bond acceptors (Lipinski definition) is 4. The van der Waals surface area contributed by atoms with Crippen molar-refractivity contribution in [2.24, 2.45) is 0 Å². The highest BCUT2D eigenvalue weighted by Gasteiger charge is 2.20. The van der Waals surface area contributed by atoms with E-state index < -0.39 is 23.6 Å². The number of carbonyl (C=O) groups excluding carboxylic acids is 2. The van der Waals surface area contributed by atoms with Crippen LogP contribution in [0, 0.1) is 0 Å². The Morgan fingerprint density at radius 2 is 2.00 bits per heavy atom. The van der Waals surface area contributed by atoms with Gasteiger partial charge in [0.1, 0.15) is 11.6 Å². The highest BCUT2D eigenvalue weighted by molar-refractivity contribution is 5.84. The van der Waals surface area contributed by atoms with Gasteiger partial charge >= 0.3 is 6.09 Å². The minimum atomic E-state index is -0.741. The van der Waals surface area contributed by atoms with E-state index in [-0.39, 0.29) is 6.61 Å². The zero-order chi connectivity index (χ0) is 13.5. The standard InChI is InChI=1S/C11H20N2O4/c1-6-7-16-13-9(14)8(2)12-10(15)17-11(3,4)5/h6,8H,1,7H2,2-5H3,(H,12,15)(H,13,14). The maximum atomic E-state index is 11.4. The number of carbonyl (C=O) groups is 2. The van der Waals surface area contributed by atoms with Crippen molar-refractivity contribution in [2.75, 3.05) is 6.61 Å². The first-order valence-corrected chi connectivity index (χ1v) is 5.28. The van der Waals surface area contributed by atoms with E-state index in [2.05, 4.69) is 17.4 Å². The summed E-state index contributed by atoms with van der Waals surface area (Å²) in [4.78, 5) is 27.4. The first kappa shape index (κ1) is 15.4. The highest BCUT2D eigenvalue weighted by atomic mass is 16.6. The van der Waals surface area contributed by atoms with E-state index in [0.717, 1.165) is 0 Å². The van der Waals surface area contributed by atoms with Gasteiger partial charge in [-0.05, 0) is 27.7 Å². The Balaban J connectivity index is 3.99. The van der Waals surface area contributed by atoms with Crippen LogP contribution in [0.4, 0.5) is 4.79 Å². The highest BCUT2D eigenvalue weighted by Crippen LogP contribution is 2.06. The second-order valence-electron chi connectivity index (χ2n) is 4.43. The molecule has 0 aliphatic carbocycles. The number of nitrogens with one attached hydrogen (secondary N) is 2. The Hall–Kier alpha value is -1.56. The maximum absolute atomic E-state index is 11.4. The molecule has 0 rings (SSSR count). The summed E-state index contributed by atoms with van der Waals surface area (Å²) in [5.41, 5.74) is 1.57. The van der Waals surface area contributed by atoms with Gasteiger partial charge < -0.3 is 10.1 Å². The fourth-order valence-corrected chi connectivity index (χ4v) is 0.810. The first-order valence-electron chi connectivity index (χ1n) is 5.28. The van der Waals surface area contributed by atoms with E-state index in [1.807, 2.05) is 0 Å². The van der Waals surface area contributed by atoms with Crippen LogP contribution in [-0.4, -0.2) is 30.3 Å². The molecule has 0 aromatic carbocycles. The van der Waals surface area contributed by atoms with Gasteiger partial charge in [-0.1, -0.05) is 6.08 Å². The summed E-state index contributed by atoms with van der Waals surface area (Å²) in [7, 11) is 0. The smallest absolute Gasteiger partial charge is 0.408 e. The predicted molar refractivity (Wildman–Crippen MR) is 63.1 cm³/mol. The lowest BCUT2D eigenvalue weighted by Crippen LogP contribution is -2.46. The van der Waals surface area contributed by atoms with Crippen LogP contribution < -0.4 is 10.8 Å². The fraction of sp³-hybridized carbons (Fsp3) is 0.636. The second kappa shape index (κ2) is 6.90. The molecule has 1 atom stereocenters. The molecule has 0 spiro atoms. The predicted octanol–water partition coefficient (Wildman–Crippen LogP) is 1.13. The molecule has 0 aliphatic rings. The van der Waals surface area contributed by atoms with Crippen molar-refractivity contribution < 1.29 is 19.2 Å². The molecule has 0 aromatic heterocycles. The molecule has 0 fully saturated rings. The van der Waals surface area contributed by atoms with Crippen LogP contribution in [0.1, 0.15) is 27.7 Å². The maximum Gasteiger partial charge on any atom is 0.408 e. The molecule has 0 heterocycles. The first-order chi connectivity index (χ1) is 7.76. The molecule has 17 heavy (non-hydrogen) atoms. The van der Waals surface area contributed by atoms with E-state index >= 15 is 0 Å². The van der Waals surface area contributed by atoms with Crippen molar-refractivity contribution in [3.8, 4) is 0 Å².